The van der Waals surface area contributed by atoms with E-state index in [1.807, 2.05) is 27.7 Å². The average molecular weight is 258 g/mol. The zero-order chi connectivity index (χ0) is 14.2. The van der Waals surface area contributed by atoms with Crippen molar-refractivity contribution < 1.29 is 14.7 Å². The fourth-order valence-electron chi connectivity index (χ4n) is 1.57. The first-order chi connectivity index (χ1) is 8.23. The summed E-state index contributed by atoms with van der Waals surface area (Å²) in [6.45, 7) is 8.97. The molecule has 0 fully saturated rings. The van der Waals surface area contributed by atoms with Gasteiger partial charge in [-0.3, -0.25) is 9.59 Å². The molecule has 0 saturated heterocycles. The molecule has 3 N–H and O–H groups in total. The summed E-state index contributed by atoms with van der Waals surface area (Å²) in [5, 5.41) is 14.5. The summed E-state index contributed by atoms with van der Waals surface area (Å²) in [4.78, 5) is 21.8. The fraction of sp³-hybridized carbons (Fsp3) is 0.846. The van der Waals surface area contributed by atoms with Crippen LogP contribution in [0.2, 0.25) is 0 Å². The lowest BCUT2D eigenvalue weighted by atomic mass is 9.84. The van der Waals surface area contributed by atoms with Gasteiger partial charge < -0.3 is 15.7 Å². The number of hydrogen-bond acceptors (Lipinski definition) is 3. The van der Waals surface area contributed by atoms with Crippen LogP contribution >= 0.6 is 0 Å². The van der Waals surface area contributed by atoms with Crippen LogP contribution in [0.15, 0.2) is 0 Å². The van der Waals surface area contributed by atoms with Gasteiger partial charge in [0.15, 0.2) is 0 Å². The molecule has 106 valence electrons. The lowest BCUT2D eigenvalue weighted by Gasteiger charge is -2.23. The highest BCUT2D eigenvalue weighted by molar-refractivity contribution is 5.78. The number of carbonyl (C=O) groups excluding carboxylic acids is 1. The predicted octanol–water partition coefficient (Wildman–Crippen LogP) is 1.38. The molecule has 0 aliphatic heterocycles. The number of carbonyl (C=O) groups is 2. The maximum absolute atomic E-state index is 11.3. The largest absolute Gasteiger partial charge is 0.481 e. The lowest BCUT2D eigenvalue weighted by Crippen LogP contribution is -2.38. The van der Waals surface area contributed by atoms with E-state index in [0.29, 0.717) is 13.0 Å². The number of rotatable bonds is 9. The Morgan fingerprint density at radius 3 is 2.33 bits per heavy atom. The molecule has 18 heavy (non-hydrogen) atoms. The van der Waals surface area contributed by atoms with Crippen molar-refractivity contribution in [3.63, 3.8) is 0 Å². The van der Waals surface area contributed by atoms with Crippen LogP contribution in [0.3, 0.4) is 0 Å². The molecular formula is C13H26N2O3. The van der Waals surface area contributed by atoms with E-state index in [1.54, 1.807) is 0 Å². The molecule has 0 aliphatic carbocycles. The zero-order valence-corrected chi connectivity index (χ0v) is 11.9. The number of carboxylic acid groups (broad SMARTS) is 1. The SMILES string of the molecule is CC(C)NC(=O)CNCCC(C)(C)CCC(=O)O. The number of carboxylic acids is 1. The van der Waals surface area contributed by atoms with Crippen LogP contribution < -0.4 is 10.6 Å². The second-order valence-corrected chi connectivity index (χ2v) is 5.71. The van der Waals surface area contributed by atoms with E-state index < -0.39 is 5.97 Å². The van der Waals surface area contributed by atoms with Crippen molar-refractivity contribution in [1.82, 2.24) is 10.6 Å². The van der Waals surface area contributed by atoms with E-state index in [2.05, 4.69) is 10.6 Å². The van der Waals surface area contributed by atoms with Crippen molar-refractivity contribution in [1.29, 1.82) is 0 Å². The van der Waals surface area contributed by atoms with Gasteiger partial charge in [0, 0.05) is 12.5 Å². The third-order valence-corrected chi connectivity index (χ3v) is 2.73. The predicted molar refractivity (Wildman–Crippen MR) is 71.4 cm³/mol. The molecule has 0 aromatic carbocycles. The molecule has 0 bridgehead atoms. The molecule has 0 unspecified atom stereocenters. The summed E-state index contributed by atoms with van der Waals surface area (Å²) in [6.07, 6.45) is 1.71. The van der Waals surface area contributed by atoms with Crippen LogP contribution in [0.5, 0.6) is 0 Å². The lowest BCUT2D eigenvalue weighted by molar-refractivity contribution is -0.137. The van der Waals surface area contributed by atoms with Crippen LogP contribution in [-0.2, 0) is 9.59 Å². The summed E-state index contributed by atoms with van der Waals surface area (Å²) in [6, 6.07) is 0.159. The van der Waals surface area contributed by atoms with Gasteiger partial charge in [0.1, 0.15) is 0 Å². The van der Waals surface area contributed by atoms with E-state index in [9.17, 15) is 9.59 Å². The standard InChI is InChI=1S/C13H26N2O3/c1-10(2)15-11(16)9-14-8-7-13(3,4)6-5-12(17)18/h10,14H,5-9H2,1-4H3,(H,15,16)(H,17,18). The molecule has 0 heterocycles. The van der Waals surface area contributed by atoms with E-state index in [4.69, 9.17) is 5.11 Å². The second kappa shape index (κ2) is 8.08. The van der Waals surface area contributed by atoms with Crippen molar-refractivity contribution in [3.05, 3.63) is 0 Å². The van der Waals surface area contributed by atoms with Crippen LogP contribution in [0.1, 0.15) is 47.0 Å². The quantitative estimate of drug-likeness (QED) is 0.546. The number of amides is 1. The Hall–Kier alpha value is -1.10. The van der Waals surface area contributed by atoms with Crippen LogP contribution in [0.4, 0.5) is 0 Å². The molecule has 0 aliphatic rings. The van der Waals surface area contributed by atoms with Crippen LogP contribution in [0.25, 0.3) is 0 Å². The molecule has 1 amide bonds. The smallest absolute Gasteiger partial charge is 0.303 e. The van der Waals surface area contributed by atoms with Crippen molar-refractivity contribution >= 4 is 11.9 Å². The van der Waals surface area contributed by atoms with E-state index in [-0.39, 0.29) is 23.8 Å². The summed E-state index contributed by atoms with van der Waals surface area (Å²) < 4.78 is 0. The molecular weight excluding hydrogens is 232 g/mol. The third-order valence-electron chi connectivity index (χ3n) is 2.73. The minimum Gasteiger partial charge on any atom is -0.481 e. The number of aliphatic carboxylic acids is 1. The molecule has 5 heteroatoms. The highest BCUT2D eigenvalue weighted by Crippen LogP contribution is 2.25. The molecule has 0 aromatic rings. The second-order valence-electron chi connectivity index (χ2n) is 5.71. The Bertz CT molecular complexity index is 275. The van der Waals surface area contributed by atoms with E-state index in [0.717, 1.165) is 13.0 Å². The first-order valence-electron chi connectivity index (χ1n) is 6.45. The molecule has 0 saturated carbocycles. The highest BCUT2D eigenvalue weighted by Gasteiger charge is 2.18. The summed E-state index contributed by atoms with van der Waals surface area (Å²) >= 11 is 0. The van der Waals surface area contributed by atoms with Gasteiger partial charge in [-0.15, -0.1) is 0 Å². The summed E-state index contributed by atoms with van der Waals surface area (Å²) in [5.41, 5.74) is -0.0140. The molecule has 0 radical (unpaired) electrons. The minimum absolute atomic E-state index is 0.00616. The Balaban J connectivity index is 3.69. The third kappa shape index (κ3) is 10.1. The van der Waals surface area contributed by atoms with E-state index >= 15 is 0 Å². The van der Waals surface area contributed by atoms with Crippen LogP contribution in [0, 0.1) is 5.41 Å². The van der Waals surface area contributed by atoms with Gasteiger partial charge in [0.05, 0.1) is 6.54 Å². The molecule has 0 aromatic heterocycles. The van der Waals surface area contributed by atoms with Gasteiger partial charge in [-0.25, -0.2) is 0 Å². The normalized spacial score (nSPS) is 11.6. The van der Waals surface area contributed by atoms with Gasteiger partial charge in [-0.05, 0) is 38.6 Å². The first kappa shape index (κ1) is 16.9. The minimum atomic E-state index is -0.757. The van der Waals surface area contributed by atoms with Gasteiger partial charge in [0.25, 0.3) is 0 Å². The average Bonchev–Trinajstić information content (AvgIpc) is 2.21. The molecule has 0 atom stereocenters. The van der Waals surface area contributed by atoms with Gasteiger partial charge in [0.2, 0.25) is 5.91 Å². The van der Waals surface area contributed by atoms with Crippen molar-refractivity contribution in [2.75, 3.05) is 13.1 Å². The Kier molecular flexibility index (Phi) is 7.59. The fourth-order valence-corrected chi connectivity index (χ4v) is 1.57. The number of nitrogens with one attached hydrogen (secondary N) is 2. The van der Waals surface area contributed by atoms with Gasteiger partial charge >= 0.3 is 5.97 Å². The van der Waals surface area contributed by atoms with Gasteiger partial charge in [-0.2, -0.15) is 0 Å². The molecule has 5 nitrogen and oxygen atoms in total. The van der Waals surface area contributed by atoms with E-state index in [1.165, 1.54) is 0 Å². The molecule has 0 rings (SSSR count). The maximum atomic E-state index is 11.3. The van der Waals surface area contributed by atoms with Crippen molar-refractivity contribution in [2.45, 2.75) is 53.0 Å². The molecule has 0 spiro atoms. The Labute approximate surface area is 109 Å². The summed E-state index contributed by atoms with van der Waals surface area (Å²) in [7, 11) is 0. The van der Waals surface area contributed by atoms with Crippen molar-refractivity contribution in [3.8, 4) is 0 Å². The first-order valence-corrected chi connectivity index (χ1v) is 6.45. The topological polar surface area (TPSA) is 78.4 Å². The van der Waals surface area contributed by atoms with Gasteiger partial charge in [-0.1, -0.05) is 13.8 Å². The van der Waals surface area contributed by atoms with Crippen molar-refractivity contribution in [2.24, 2.45) is 5.41 Å². The van der Waals surface area contributed by atoms with Crippen LogP contribution in [-0.4, -0.2) is 36.1 Å². The maximum Gasteiger partial charge on any atom is 0.303 e. The Morgan fingerprint density at radius 1 is 1.22 bits per heavy atom. The number of hydrogen-bond donors (Lipinski definition) is 3. The zero-order valence-electron chi connectivity index (χ0n) is 11.9. The summed E-state index contributed by atoms with van der Waals surface area (Å²) in [5.74, 6) is -0.763. The highest BCUT2D eigenvalue weighted by atomic mass is 16.4. The Morgan fingerprint density at radius 2 is 1.83 bits per heavy atom. The monoisotopic (exact) mass is 258 g/mol.